The molecule has 26 heavy (non-hydrogen) atoms. The minimum Gasteiger partial charge on any atom is -0.304 e. The van der Waals surface area contributed by atoms with Crippen LogP contribution < -0.4 is 8.53 Å². The van der Waals surface area contributed by atoms with Crippen LogP contribution in [0.2, 0.25) is 0 Å². The molecular formula is C14H15ClN7O2S2+. The van der Waals surface area contributed by atoms with Crippen LogP contribution in [0, 0.1) is 0 Å². The Balaban J connectivity index is 1.99. The van der Waals surface area contributed by atoms with Gasteiger partial charge in [0.05, 0.1) is 29.5 Å². The van der Waals surface area contributed by atoms with Crippen LogP contribution in [0.15, 0.2) is 49.6 Å². The molecule has 0 aliphatic carbocycles. The fourth-order valence-electron chi connectivity index (χ4n) is 2.87. The van der Waals surface area contributed by atoms with Crippen molar-refractivity contribution in [3.63, 3.8) is 0 Å². The first-order valence-corrected chi connectivity index (χ1v) is 10.3. The molecule has 1 atom stereocenters. The van der Waals surface area contributed by atoms with Crippen molar-refractivity contribution in [1.82, 2.24) is 13.9 Å². The monoisotopic (exact) mass is 412 g/mol. The van der Waals surface area contributed by atoms with E-state index in [0.29, 0.717) is 23.5 Å². The normalized spacial score (nSPS) is 21.2. The Bertz CT molecular complexity index is 1020. The first-order chi connectivity index (χ1) is 12.3. The van der Waals surface area contributed by atoms with Crippen LogP contribution >= 0.6 is 23.1 Å². The van der Waals surface area contributed by atoms with Crippen LogP contribution in [0.4, 0.5) is 11.4 Å². The highest BCUT2D eigenvalue weighted by Gasteiger charge is 2.54. The maximum absolute atomic E-state index is 13.6. The lowest BCUT2D eigenvalue weighted by Crippen LogP contribution is -2.51. The molecular weight excluding hydrogens is 398 g/mol. The molecule has 5 rings (SSSR count). The number of likely N-dealkylation sites (N-methyl/N-ethyl adjacent to an activating group) is 1. The number of aromatic nitrogens is 1. The van der Waals surface area contributed by atoms with E-state index >= 15 is 0 Å². The van der Waals surface area contributed by atoms with E-state index in [1.165, 1.54) is 11.7 Å². The van der Waals surface area contributed by atoms with E-state index in [1.807, 2.05) is 19.0 Å². The van der Waals surface area contributed by atoms with E-state index in [2.05, 4.69) is 20.4 Å². The third-order valence-corrected chi connectivity index (χ3v) is 7.82. The van der Waals surface area contributed by atoms with Gasteiger partial charge in [0, 0.05) is 17.8 Å². The average molecular weight is 413 g/mol. The predicted octanol–water partition coefficient (Wildman–Crippen LogP) is 2.42. The number of benzene rings is 1. The molecule has 0 amide bonds. The summed E-state index contributed by atoms with van der Waals surface area (Å²) < 4.78 is 27.7. The third-order valence-electron chi connectivity index (χ3n) is 4.20. The number of fused-ring (bicyclic) bond motifs is 2. The summed E-state index contributed by atoms with van der Waals surface area (Å²) in [6, 6.07) is 5.23. The quantitative estimate of drug-likeness (QED) is 0.555. The third kappa shape index (κ3) is 2.47. The van der Waals surface area contributed by atoms with Crippen LogP contribution in [-0.4, -0.2) is 51.3 Å². The van der Waals surface area contributed by atoms with Gasteiger partial charge in [-0.15, -0.1) is 16.5 Å². The van der Waals surface area contributed by atoms with Gasteiger partial charge in [-0.25, -0.2) is 0 Å². The summed E-state index contributed by atoms with van der Waals surface area (Å²) in [6.45, 7) is 0.713. The van der Waals surface area contributed by atoms with Crippen LogP contribution in [0.3, 0.4) is 0 Å². The summed E-state index contributed by atoms with van der Waals surface area (Å²) in [4.78, 5) is 5.83. The zero-order chi connectivity index (χ0) is 18.5. The highest BCUT2D eigenvalue weighted by atomic mass is 35.5. The number of hydrogen-bond donors (Lipinski definition) is 0. The lowest BCUT2D eigenvalue weighted by Gasteiger charge is -2.28. The molecule has 3 aliphatic heterocycles. The number of sulfonamides is 1. The number of amidine groups is 1. The predicted molar refractivity (Wildman–Crippen MR) is 101 cm³/mol. The van der Waals surface area contributed by atoms with Gasteiger partial charge in [0.2, 0.25) is 5.84 Å². The van der Waals surface area contributed by atoms with Gasteiger partial charge in [0.15, 0.2) is 9.90 Å². The Labute approximate surface area is 159 Å². The molecule has 0 N–H and O–H groups in total. The van der Waals surface area contributed by atoms with Crippen LogP contribution in [-0.2, 0) is 10.0 Å². The van der Waals surface area contributed by atoms with E-state index in [1.54, 1.807) is 18.2 Å². The van der Waals surface area contributed by atoms with E-state index in [-0.39, 0.29) is 16.6 Å². The fraction of sp³-hybridized carbons (Fsp3) is 0.286. The van der Waals surface area contributed by atoms with Crippen molar-refractivity contribution in [2.45, 2.75) is 4.21 Å². The summed E-state index contributed by atoms with van der Waals surface area (Å²) in [5.41, 5.74) is 3.16. The molecule has 9 nitrogen and oxygen atoms in total. The molecule has 3 aliphatic rings. The van der Waals surface area contributed by atoms with E-state index in [4.69, 9.17) is 11.8 Å². The molecule has 1 unspecified atom stereocenters. The molecule has 136 valence electrons. The molecule has 0 radical (unpaired) electrons. The molecule has 4 heterocycles. The number of anilines is 1. The van der Waals surface area contributed by atoms with Gasteiger partial charge in [0.25, 0.3) is 0 Å². The number of thiazole rings is 1. The van der Waals surface area contributed by atoms with Gasteiger partial charge >= 0.3 is 10.0 Å². The molecule has 0 fully saturated rings. The SMILES string of the molecule is CN(C)CC[N+]1(S(=O)(=O)c2cncs2)N=C2N=NN(Cl)c3ccc2c1c3. The minimum atomic E-state index is -3.90. The molecule has 1 aromatic carbocycles. The molecule has 0 saturated carbocycles. The molecule has 0 saturated heterocycles. The number of quaternary nitrogens is 1. The fourth-order valence-corrected chi connectivity index (χ4v) is 5.75. The van der Waals surface area contributed by atoms with Gasteiger partial charge < -0.3 is 4.90 Å². The molecule has 1 aromatic heterocycles. The van der Waals surface area contributed by atoms with Gasteiger partial charge in [-0.3, -0.25) is 4.98 Å². The first kappa shape index (κ1) is 17.5. The van der Waals surface area contributed by atoms with Gasteiger partial charge in [-0.2, -0.15) is 12.9 Å². The molecule has 2 aromatic rings. The van der Waals surface area contributed by atoms with Gasteiger partial charge in [0.1, 0.15) is 6.54 Å². The van der Waals surface area contributed by atoms with Crippen molar-refractivity contribution in [2.75, 3.05) is 31.7 Å². The largest absolute Gasteiger partial charge is 0.367 e. The van der Waals surface area contributed by atoms with E-state index in [0.717, 1.165) is 15.9 Å². The molecule has 0 spiro atoms. The summed E-state index contributed by atoms with van der Waals surface area (Å²) in [5, 5.41) is 12.4. The second-order valence-electron chi connectivity index (χ2n) is 6.10. The van der Waals surface area contributed by atoms with Crippen molar-refractivity contribution in [1.29, 1.82) is 0 Å². The zero-order valence-corrected chi connectivity index (χ0v) is 16.3. The van der Waals surface area contributed by atoms with Crippen LogP contribution in [0.5, 0.6) is 0 Å². The Morgan fingerprint density at radius 1 is 1.35 bits per heavy atom. The molecule has 4 bridgehead atoms. The summed E-state index contributed by atoms with van der Waals surface area (Å²) in [6.07, 6.45) is 1.35. The Hall–Kier alpha value is -1.92. The summed E-state index contributed by atoms with van der Waals surface area (Å²) in [5.74, 6) is 0.240. The topological polar surface area (TPSA) is 90.6 Å². The van der Waals surface area contributed by atoms with Gasteiger partial charge in [-0.1, -0.05) is 4.00 Å². The van der Waals surface area contributed by atoms with E-state index < -0.39 is 14.0 Å². The number of hydrogen-bond acceptors (Lipinski definition) is 9. The number of halogens is 1. The Morgan fingerprint density at radius 3 is 2.85 bits per heavy atom. The van der Waals surface area contributed by atoms with Crippen molar-refractivity contribution in [2.24, 2.45) is 15.4 Å². The number of rotatable bonds is 5. The second-order valence-corrected chi connectivity index (χ2v) is 9.56. The molecule has 12 heteroatoms. The number of nitrogens with zero attached hydrogens (tertiary/aromatic N) is 7. The zero-order valence-electron chi connectivity index (χ0n) is 13.9. The van der Waals surface area contributed by atoms with Crippen molar-refractivity contribution >= 4 is 50.3 Å². The van der Waals surface area contributed by atoms with Gasteiger partial charge in [-0.05, 0) is 36.6 Å². The van der Waals surface area contributed by atoms with Crippen LogP contribution in [0.25, 0.3) is 0 Å². The van der Waals surface area contributed by atoms with Crippen LogP contribution in [0.1, 0.15) is 5.56 Å². The smallest absolute Gasteiger partial charge is 0.304 e. The lowest BCUT2D eigenvalue weighted by molar-refractivity contribution is 0.341. The first-order valence-electron chi connectivity index (χ1n) is 7.64. The standard InChI is InChI=1S/C14H15ClN7O2S2/c1-20(2)5-6-22(26(23,24)13-8-16-9-25-13)12-7-10-3-4-11(12)14(18-22)17-19-21(10)15/h3-4,7-9H,5-6H2,1-2H3/q+1. The van der Waals surface area contributed by atoms with Crippen molar-refractivity contribution in [3.8, 4) is 0 Å². The second kappa shape index (κ2) is 6.06. The lowest BCUT2D eigenvalue weighted by atomic mass is 10.1. The van der Waals surface area contributed by atoms with Crippen molar-refractivity contribution in [3.05, 3.63) is 35.5 Å². The highest BCUT2D eigenvalue weighted by molar-refractivity contribution is 7.93. The maximum Gasteiger partial charge on any atom is 0.367 e. The van der Waals surface area contributed by atoms with Crippen molar-refractivity contribution < 1.29 is 8.42 Å². The maximum atomic E-state index is 13.6. The highest BCUT2D eigenvalue weighted by Crippen LogP contribution is 2.44. The Morgan fingerprint density at radius 2 is 2.15 bits per heavy atom. The van der Waals surface area contributed by atoms with E-state index in [9.17, 15) is 8.42 Å². The summed E-state index contributed by atoms with van der Waals surface area (Å²) >= 11 is 7.15. The summed E-state index contributed by atoms with van der Waals surface area (Å²) in [7, 11) is -0.137. The Kier molecular flexibility index (Phi) is 4.08. The minimum absolute atomic E-state index is 0.150. The average Bonchev–Trinajstić information content (AvgIpc) is 3.24.